The van der Waals surface area contributed by atoms with Crippen molar-refractivity contribution in [3.8, 4) is 5.75 Å². The van der Waals surface area contributed by atoms with E-state index in [1.165, 1.54) is 6.07 Å². The van der Waals surface area contributed by atoms with Gasteiger partial charge in [0.05, 0.1) is 10.5 Å². The van der Waals surface area contributed by atoms with Crippen LogP contribution in [0.15, 0.2) is 48.5 Å². The molecule has 19 heavy (non-hydrogen) atoms. The lowest BCUT2D eigenvalue weighted by molar-refractivity contribution is -0.385. The zero-order valence-electron chi connectivity index (χ0n) is 10.3. The minimum absolute atomic E-state index is 0.0627. The van der Waals surface area contributed by atoms with E-state index in [1.54, 1.807) is 24.3 Å². The highest BCUT2D eigenvalue weighted by atomic mass is 16.6. The summed E-state index contributed by atoms with van der Waals surface area (Å²) in [5, 5.41) is 10.9. The monoisotopic (exact) mass is 258 g/mol. The number of benzene rings is 2. The fourth-order valence-electron chi connectivity index (χ4n) is 1.78. The molecule has 0 atom stereocenters. The first kappa shape index (κ1) is 13.0. The van der Waals surface area contributed by atoms with Gasteiger partial charge >= 0.3 is 0 Å². The standard InChI is InChI=1S/C14H14N2O3/c15-9-11-5-2-4-8-14(11)19-10-12-6-1-3-7-13(12)16(17)18/h1-8H,9-10,15H2. The van der Waals surface area contributed by atoms with Crippen molar-refractivity contribution < 1.29 is 9.66 Å². The molecule has 0 aliphatic carbocycles. The van der Waals surface area contributed by atoms with E-state index in [2.05, 4.69) is 0 Å². The Balaban J connectivity index is 2.17. The van der Waals surface area contributed by atoms with Gasteiger partial charge in [-0.3, -0.25) is 10.1 Å². The first-order chi connectivity index (χ1) is 9.22. The van der Waals surface area contributed by atoms with Crippen molar-refractivity contribution in [2.45, 2.75) is 13.2 Å². The lowest BCUT2D eigenvalue weighted by atomic mass is 10.2. The third-order valence-corrected chi connectivity index (χ3v) is 2.76. The molecule has 2 aromatic rings. The number of rotatable bonds is 5. The maximum Gasteiger partial charge on any atom is 0.276 e. The van der Waals surface area contributed by atoms with E-state index in [-0.39, 0.29) is 12.3 Å². The van der Waals surface area contributed by atoms with E-state index >= 15 is 0 Å². The van der Waals surface area contributed by atoms with Crippen molar-refractivity contribution in [2.75, 3.05) is 0 Å². The summed E-state index contributed by atoms with van der Waals surface area (Å²) in [4.78, 5) is 10.5. The van der Waals surface area contributed by atoms with Gasteiger partial charge in [-0.25, -0.2) is 0 Å². The van der Waals surface area contributed by atoms with Gasteiger partial charge in [0.2, 0.25) is 0 Å². The molecular weight excluding hydrogens is 244 g/mol. The van der Waals surface area contributed by atoms with Crippen LogP contribution < -0.4 is 10.5 Å². The molecule has 2 aromatic carbocycles. The predicted molar refractivity (Wildman–Crippen MR) is 71.8 cm³/mol. The molecule has 0 heterocycles. The Morgan fingerprint density at radius 3 is 2.37 bits per heavy atom. The highest BCUT2D eigenvalue weighted by molar-refractivity contribution is 5.40. The lowest BCUT2D eigenvalue weighted by Crippen LogP contribution is -2.04. The number of para-hydroxylation sites is 2. The topological polar surface area (TPSA) is 78.4 Å². The number of hydrogen-bond acceptors (Lipinski definition) is 4. The predicted octanol–water partition coefficient (Wildman–Crippen LogP) is 2.63. The summed E-state index contributed by atoms with van der Waals surface area (Å²) >= 11 is 0. The second-order valence-electron chi connectivity index (χ2n) is 3.99. The van der Waals surface area contributed by atoms with Gasteiger partial charge in [0.1, 0.15) is 12.4 Å². The largest absolute Gasteiger partial charge is 0.488 e. The summed E-state index contributed by atoms with van der Waals surface area (Å²) in [6.45, 7) is 0.515. The second-order valence-corrected chi connectivity index (χ2v) is 3.99. The Hall–Kier alpha value is -2.40. The summed E-state index contributed by atoms with van der Waals surface area (Å²) in [6, 6.07) is 13.9. The Bertz CT molecular complexity index is 584. The Labute approximate surface area is 110 Å². The Morgan fingerprint density at radius 2 is 1.68 bits per heavy atom. The molecule has 0 radical (unpaired) electrons. The maximum atomic E-state index is 10.9. The SMILES string of the molecule is NCc1ccccc1OCc1ccccc1[N+](=O)[O-]. The molecule has 0 aliphatic heterocycles. The second kappa shape index (κ2) is 5.97. The van der Waals surface area contributed by atoms with Crippen LogP contribution in [-0.2, 0) is 13.2 Å². The highest BCUT2D eigenvalue weighted by Gasteiger charge is 2.13. The first-order valence-electron chi connectivity index (χ1n) is 5.85. The van der Waals surface area contributed by atoms with Crippen LogP contribution in [0.1, 0.15) is 11.1 Å². The van der Waals surface area contributed by atoms with Gasteiger partial charge < -0.3 is 10.5 Å². The quantitative estimate of drug-likeness (QED) is 0.660. The van der Waals surface area contributed by atoms with E-state index in [0.717, 1.165) is 5.56 Å². The number of hydrogen-bond donors (Lipinski definition) is 1. The summed E-state index contributed by atoms with van der Waals surface area (Å²) < 4.78 is 5.62. The minimum atomic E-state index is -0.409. The Kier molecular flexibility index (Phi) is 4.10. The summed E-state index contributed by atoms with van der Waals surface area (Å²) in [5.41, 5.74) is 7.09. The van der Waals surface area contributed by atoms with E-state index in [4.69, 9.17) is 10.5 Å². The third-order valence-electron chi connectivity index (χ3n) is 2.76. The van der Waals surface area contributed by atoms with Crippen molar-refractivity contribution in [3.05, 3.63) is 69.8 Å². The molecule has 0 bridgehead atoms. The molecule has 0 amide bonds. The van der Waals surface area contributed by atoms with Gasteiger partial charge in [0.15, 0.2) is 0 Å². The zero-order valence-corrected chi connectivity index (χ0v) is 10.3. The van der Waals surface area contributed by atoms with Gasteiger partial charge in [-0.1, -0.05) is 30.3 Å². The van der Waals surface area contributed by atoms with Crippen LogP contribution in [0.5, 0.6) is 5.75 Å². The molecular formula is C14H14N2O3. The average Bonchev–Trinajstić information content (AvgIpc) is 2.45. The molecule has 0 aromatic heterocycles. The molecule has 98 valence electrons. The number of ether oxygens (including phenoxy) is 1. The summed E-state index contributed by atoms with van der Waals surface area (Å²) in [7, 11) is 0. The number of nitrogens with two attached hydrogens (primary N) is 1. The van der Waals surface area contributed by atoms with Gasteiger partial charge in [0.25, 0.3) is 5.69 Å². The van der Waals surface area contributed by atoms with Crippen LogP contribution in [0.2, 0.25) is 0 Å². The molecule has 5 heteroatoms. The molecule has 2 rings (SSSR count). The number of nitro benzene ring substituents is 1. The van der Waals surface area contributed by atoms with Crippen molar-refractivity contribution >= 4 is 5.69 Å². The fraction of sp³-hybridized carbons (Fsp3) is 0.143. The van der Waals surface area contributed by atoms with Gasteiger partial charge in [-0.05, 0) is 12.1 Å². The molecule has 0 aliphatic rings. The van der Waals surface area contributed by atoms with Crippen molar-refractivity contribution in [3.63, 3.8) is 0 Å². The summed E-state index contributed by atoms with van der Waals surface area (Å²) in [6.07, 6.45) is 0. The normalized spacial score (nSPS) is 10.2. The maximum absolute atomic E-state index is 10.9. The van der Waals surface area contributed by atoms with Gasteiger partial charge in [-0.15, -0.1) is 0 Å². The van der Waals surface area contributed by atoms with Crippen LogP contribution >= 0.6 is 0 Å². The molecule has 0 fully saturated rings. The van der Waals surface area contributed by atoms with Crippen molar-refractivity contribution in [1.29, 1.82) is 0 Å². The third kappa shape index (κ3) is 3.08. The van der Waals surface area contributed by atoms with Crippen LogP contribution in [0.25, 0.3) is 0 Å². The molecule has 2 N–H and O–H groups in total. The highest BCUT2D eigenvalue weighted by Crippen LogP contribution is 2.22. The summed E-state index contributed by atoms with van der Waals surface area (Å²) in [5.74, 6) is 0.656. The van der Waals surface area contributed by atoms with Crippen LogP contribution in [0, 0.1) is 10.1 Å². The lowest BCUT2D eigenvalue weighted by Gasteiger charge is -2.10. The van der Waals surface area contributed by atoms with E-state index < -0.39 is 4.92 Å². The zero-order chi connectivity index (χ0) is 13.7. The number of nitro groups is 1. The smallest absolute Gasteiger partial charge is 0.276 e. The number of nitrogens with zero attached hydrogens (tertiary/aromatic N) is 1. The van der Waals surface area contributed by atoms with Crippen molar-refractivity contribution in [1.82, 2.24) is 0 Å². The molecule has 0 unspecified atom stereocenters. The average molecular weight is 258 g/mol. The van der Waals surface area contributed by atoms with E-state index in [0.29, 0.717) is 17.9 Å². The Morgan fingerprint density at radius 1 is 1.05 bits per heavy atom. The van der Waals surface area contributed by atoms with E-state index in [9.17, 15) is 10.1 Å². The molecule has 0 saturated heterocycles. The van der Waals surface area contributed by atoms with Crippen molar-refractivity contribution in [2.24, 2.45) is 5.73 Å². The molecule has 5 nitrogen and oxygen atoms in total. The van der Waals surface area contributed by atoms with Crippen LogP contribution in [-0.4, -0.2) is 4.92 Å². The van der Waals surface area contributed by atoms with Gasteiger partial charge in [0, 0.05) is 18.2 Å². The molecule has 0 saturated carbocycles. The van der Waals surface area contributed by atoms with E-state index in [1.807, 2.05) is 18.2 Å². The fourth-order valence-corrected chi connectivity index (χ4v) is 1.78. The van der Waals surface area contributed by atoms with Crippen LogP contribution in [0.4, 0.5) is 5.69 Å². The molecule has 0 spiro atoms. The van der Waals surface area contributed by atoms with Crippen LogP contribution in [0.3, 0.4) is 0 Å². The minimum Gasteiger partial charge on any atom is -0.488 e. The first-order valence-corrected chi connectivity index (χ1v) is 5.85. The van der Waals surface area contributed by atoms with Gasteiger partial charge in [-0.2, -0.15) is 0 Å².